The van der Waals surface area contributed by atoms with Gasteiger partial charge in [-0.1, -0.05) is 41.3 Å². The van der Waals surface area contributed by atoms with Crippen molar-refractivity contribution in [2.24, 2.45) is 5.41 Å². The van der Waals surface area contributed by atoms with Crippen LogP contribution in [0.1, 0.15) is 32.1 Å². The molecular weight excluding hydrogens is 326 g/mol. The highest BCUT2D eigenvalue weighted by molar-refractivity contribution is 9.09. The first-order valence-electron chi connectivity index (χ1n) is 8.26. The largest absolute Gasteiger partial charge is 0.354 e. The van der Waals surface area contributed by atoms with Crippen LogP contribution < -0.4 is 4.90 Å². The molecule has 0 unspecified atom stereocenters. The van der Waals surface area contributed by atoms with Crippen molar-refractivity contribution in [3.63, 3.8) is 0 Å². The second kappa shape index (κ2) is 7.10. The minimum atomic E-state index is 0.533. The second-order valence-electron chi connectivity index (χ2n) is 6.65. The molecule has 1 aromatic heterocycles. The number of nitrogens with zero attached hydrogens (tertiary/aromatic N) is 3. The van der Waals surface area contributed by atoms with Crippen molar-refractivity contribution in [2.45, 2.75) is 32.1 Å². The Balaban J connectivity index is 1.53. The number of pyridine rings is 1. The lowest BCUT2D eigenvalue weighted by molar-refractivity contribution is 0.121. The van der Waals surface area contributed by atoms with E-state index >= 15 is 0 Å². The van der Waals surface area contributed by atoms with E-state index in [0.29, 0.717) is 5.41 Å². The molecule has 21 heavy (non-hydrogen) atoms. The molecule has 3 nitrogen and oxygen atoms in total. The Bertz CT molecular complexity index is 423. The summed E-state index contributed by atoms with van der Waals surface area (Å²) < 4.78 is 0. The van der Waals surface area contributed by atoms with Crippen LogP contribution in [0.2, 0.25) is 0 Å². The van der Waals surface area contributed by atoms with E-state index in [1.54, 1.807) is 0 Å². The standard InChI is InChI=1S/C17H26BrN3/c18-14-17(7-3-1-4-8-17)15-20-10-12-21(13-11-20)16-6-2-5-9-19-16/h2,5-6,9H,1,3-4,7-8,10-15H2. The molecule has 0 aromatic carbocycles. The summed E-state index contributed by atoms with van der Waals surface area (Å²) in [4.78, 5) is 9.56. The molecule has 2 aliphatic rings. The van der Waals surface area contributed by atoms with Gasteiger partial charge in [0.2, 0.25) is 0 Å². The van der Waals surface area contributed by atoms with Crippen LogP contribution in [0.3, 0.4) is 0 Å². The fraction of sp³-hybridized carbons (Fsp3) is 0.706. The van der Waals surface area contributed by atoms with Crippen molar-refractivity contribution in [3.8, 4) is 0 Å². The Kier molecular flexibility index (Phi) is 5.17. The number of hydrogen-bond donors (Lipinski definition) is 0. The summed E-state index contributed by atoms with van der Waals surface area (Å²) in [5, 5.41) is 1.17. The molecule has 1 aliphatic carbocycles. The lowest BCUT2D eigenvalue weighted by Crippen LogP contribution is -2.51. The molecule has 0 atom stereocenters. The normalized spacial score (nSPS) is 23.2. The van der Waals surface area contributed by atoms with Gasteiger partial charge in [0.15, 0.2) is 0 Å². The van der Waals surface area contributed by atoms with Crippen molar-refractivity contribution in [3.05, 3.63) is 24.4 Å². The molecule has 0 spiro atoms. The second-order valence-corrected chi connectivity index (χ2v) is 7.21. The van der Waals surface area contributed by atoms with Crippen LogP contribution >= 0.6 is 15.9 Å². The van der Waals surface area contributed by atoms with Crippen molar-refractivity contribution < 1.29 is 0 Å². The van der Waals surface area contributed by atoms with Crippen LogP contribution in [0.25, 0.3) is 0 Å². The first kappa shape index (κ1) is 15.3. The third-order valence-corrected chi connectivity index (χ3v) is 6.29. The molecule has 0 amide bonds. The van der Waals surface area contributed by atoms with E-state index in [0.717, 1.165) is 18.9 Å². The zero-order valence-corrected chi connectivity index (χ0v) is 14.4. The van der Waals surface area contributed by atoms with E-state index in [1.807, 2.05) is 12.3 Å². The van der Waals surface area contributed by atoms with Crippen LogP contribution in [0.4, 0.5) is 5.82 Å². The van der Waals surface area contributed by atoms with Gasteiger partial charge in [0.05, 0.1) is 0 Å². The van der Waals surface area contributed by atoms with Gasteiger partial charge >= 0.3 is 0 Å². The highest BCUT2D eigenvalue weighted by Crippen LogP contribution is 2.38. The fourth-order valence-corrected chi connectivity index (χ4v) is 4.52. The minimum absolute atomic E-state index is 0.533. The molecule has 0 N–H and O–H groups in total. The number of aromatic nitrogens is 1. The van der Waals surface area contributed by atoms with Gasteiger partial charge in [-0.2, -0.15) is 0 Å². The summed E-state index contributed by atoms with van der Waals surface area (Å²) in [6, 6.07) is 6.19. The summed E-state index contributed by atoms with van der Waals surface area (Å²) in [7, 11) is 0. The third-order valence-electron chi connectivity index (χ3n) is 5.10. The predicted molar refractivity (Wildman–Crippen MR) is 92.2 cm³/mol. The highest BCUT2D eigenvalue weighted by Gasteiger charge is 2.33. The zero-order chi connectivity index (χ0) is 14.5. The van der Waals surface area contributed by atoms with E-state index in [9.17, 15) is 0 Å². The summed E-state index contributed by atoms with van der Waals surface area (Å²) in [5.74, 6) is 1.13. The Labute approximate surface area is 136 Å². The van der Waals surface area contributed by atoms with Gasteiger partial charge in [-0.15, -0.1) is 0 Å². The van der Waals surface area contributed by atoms with Gasteiger partial charge in [0, 0.05) is 44.3 Å². The molecule has 4 heteroatoms. The predicted octanol–water partition coefficient (Wildman–Crippen LogP) is 3.55. The van der Waals surface area contributed by atoms with Crippen molar-refractivity contribution in [1.82, 2.24) is 9.88 Å². The Morgan fingerprint density at radius 2 is 1.81 bits per heavy atom. The van der Waals surface area contributed by atoms with Crippen LogP contribution in [0.15, 0.2) is 24.4 Å². The maximum atomic E-state index is 4.47. The molecule has 2 fully saturated rings. The lowest BCUT2D eigenvalue weighted by atomic mass is 9.75. The molecule has 1 aromatic rings. The smallest absolute Gasteiger partial charge is 0.128 e. The maximum absolute atomic E-state index is 4.47. The van der Waals surface area contributed by atoms with Gasteiger partial charge in [-0.25, -0.2) is 4.98 Å². The van der Waals surface area contributed by atoms with E-state index in [-0.39, 0.29) is 0 Å². The monoisotopic (exact) mass is 351 g/mol. The van der Waals surface area contributed by atoms with Gasteiger partial charge in [0.1, 0.15) is 5.82 Å². The Morgan fingerprint density at radius 1 is 1.05 bits per heavy atom. The van der Waals surface area contributed by atoms with E-state index in [4.69, 9.17) is 0 Å². The van der Waals surface area contributed by atoms with E-state index in [1.165, 1.54) is 57.1 Å². The van der Waals surface area contributed by atoms with Crippen LogP contribution in [-0.4, -0.2) is 47.9 Å². The quantitative estimate of drug-likeness (QED) is 0.773. The average molecular weight is 352 g/mol. The summed E-state index contributed by atoms with van der Waals surface area (Å²) in [6.07, 6.45) is 8.96. The van der Waals surface area contributed by atoms with Gasteiger partial charge in [0.25, 0.3) is 0 Å². The first-order valence-corrected chi connectivity index (χ1v) is 9.38. The Morgan fingerprint density at radius 3 is 2.43 bits per heavy atom. The third kappa shape index (κ3) is 3.78. The summed E-state index contributed by atoms with van der Waals surface area (Å²) in [6.45, 7) is 5.83. The maximum Gasteiger partial charge on any atom is 0.128 e. The fourth-order valence-electron chi connectivity index (χ4n) is 3.79. The van der Waals surface area contributed by atoms with E-state index < -0.39 is 0 Å². The number of anilines is 1. The van der Waals surface area contributed by atoms with Crippen molar-refractivity contribution in [1.29, 1.82) is 0 Å². The SMILES string of the molecule is BrCC1(CN2CCN(c3ccccn3)CC2)CCCCC1. The number of rotatable bonds is 4. The lowest BCUT2D eigenvalue weighted by Gasteiger charge is -2.43. The molecule has 116 valence electrons. The van der Waals surface area contributed by atoms with Gasteiger partial charge in [-0.3, -0.25) is 4.90 Å². The number of piperazine rings is 1. The highest BCUT2D eigenvalue weighted by atomic mass is 79.9. The molecule has 0 radical (unpaired) electrons. The molecule has 3 rings (SSSR count). The zero-order valence-electron chi connectivity index (χ0n) is 12.8. The number of halogens is 1. The summed E-state index contributed by atoms with van der Waals surface area (Å²) in [5.41, 5.74) is 0.533. The van der Waals surface area contributed by atoms with Gasteiger partial charge in [-0.05, 0) is 30.4 Å². The van der Waals surface area contributed by atoms with Crippen LogP contribution in [0, 0.1) is 5.41 Å². The topological polar surface area (TPSA) is 19.4 Å². The molecular formula is C17H26BrN3. The molecule has 1 saturated carbocycles. The Hall–Kier alpha value is -0.610. The summed E-state index contributed by atoms with van der Waals surface area (Å²) >= 11 is 3.80. The first-order chi connectivity index (χ1) is 10.3. The van der Waals surface area contributed by atoms with Crippen molar-refractivity contribution in [2.75, 3.05) is 43.0 Å². The van der Waals surface area contributed by atoms with E-state index in [2.05, 4.69) is 42.8 Å². The molecule has 1 aliphatic heterocycles. The number of hydrogen-bond acceptors (Lipinski definition) is 3. The van der Waals surface area contributed by atoms with Crippen molar-refractivity contribution >= 4 is 21.7 Å². The average Bonchev–Trinajstić information content (AvgIpc) is 2.57. The molecule has 1 saturated heterocycles. The van der Waals surface area contributed by atoms with Gasteiger partial charge < -0.3 is 4.90 Å². The minimum Gasteiger partial charge on any atom is -0.354 e. The van der Waals surface area contributed by atoms with Crippen LogP contribution in [-0.2, 0) is 0 Å². The van der Waals surface area contributed by atoms with Crippen LogP contribution in [0.5, 0.6) is 0 Å². The number of alkyl halides is 1. The molecule has 0 bridgehead atoms. The molecule has 2 heterocycles.